The number of carboxylic acid groups (broad SMARTS) is 1. The van der Waals surface area contributed by atoms with Gasteiger partial charge in [0.1, 0.15) is 5.69 Å². The van der Waals surface area contributed by atoms with Crippen LogP contribution in [0.15, 0.2) is 18.2 Å². The minimum Gasteiger partial charge on any atom is -0.478 e. The van der Waals surface area contributed by atoms with Crippen molar-refractivity contribution in [1.29, 1.82) is 0 Å². The number of nitro benzene ring substituents is 1. The van der Waals surface area contributed by atoms with Gasteiger partial charge in [0.25, 0.3) is 5.69 Å². The summed E-state index contributed by atoms with van der Waals surface area (Å²) in [6.45, 7) is 1.46. The van der Waals surface area contributed by atoms with Gasteiger partial charge < -0.3 is 14.9 Å². The van der Waals surface area contributed by atoms with Crippen LogP contribution in [0.3, 0.4) is 0 Å². The lowest BCUT2D eigenvalue weighted by atomic mass is 10.0. The van der Waals surface area contributed by atoms with Gasteiger partial charge in [-0.3, -0.25) is 10.1 Å². The maximum atomic E-state index is 11.2. The molecule has 1 fully saturated rings. The third kappa shape index (κ3) is 3.30. The molecule has 1 N–H and O–H groups in total. The second-order valence-corrected chi connectivity index (χ2v) is 5.47. The zero-order valence-electron chi connectivity index (χ0n) is 12.2. The Morgan fingerprint density at radius 3 is 2.76 bits per heavy atom. The van der Waals surface area contributed by atoms with Crippen molar-refractivity contribution in [1.82, 2.24) is 4.90 Å². The zero-order chi connectivity index (χ0) is 15.6. The Bertz CT molecular complexity index is 559. The lowest BCUT2D eigenvalue weighted by molar-refractivity contribution is -0.384. The minimum absolute atomic E-state index is 0.0633. The summed E-state index contributed by atoms with van der Waals surface area (Å²) in [5.41, 5.74) is 0.289. The second kappa shape index (κ2) is 6.09. The van der Waals surface area contributed by atoms with Crippen molar-refractivity contribution >= 4 is 17.3 Å². The highest BCUT2D eigenvalue weighted by atomic mass is 16.6. The number of likely N-dealkylation sites (N-methyl/N-ethyl adjacent to an activating group) is 1. The standard InChI is InChI=1S/C14H19N3O4/c1-15(2)11-4-3-7-16(9-11)12-6-5-10(14(18)19)8-13(12)17(20)21/h5-6,8,11H,3-4,7,9H2,1-2H3,(H,18,19). The van der Waals surface area contributed by atoms with E-state index < -0.39 is 10.9 Å². The Hall–Kier alpha value is -2.15. The largest absolute Gasteiger partial charge is 0.478 e. The lowest BCUT2D eigenvalue weighted by Gasteiger charge is -2.37. The fourth-order valence-electron chi connectivity index (χ4n) is 2.67. The lowest BCUT2D eigenvalue weighted by Crippen LogP contribution is -2.45. The van der Waals surface area contributed by atoms with Crippen molar-refractivity contribution in [3.63, 3.8) is 0 Å². The van der Waals surface area contributed by atoms with Crippen LogP contribution in [0, 0.1) is 10.1 Å². The summed E-state index contributed by atoms with van der Waals surface area (Å²) < 4.78 is 0. The van der Waals surface area contributed by atoms with E-state index in [1.807, 2.05) is 19.0 Å². The van der Waals surface area contributed by atoms with Gasteiger partial charge in [0.2, 0.25) is 0 Å². The number of carbonyl (C=O) groups is 1. The minimum atomic E-state index is -1.16. The van der Waals surface area contributed by atoms with Crippen molar-refractivity contribution < 1.29 is 14.8 Å². The summed E-state index contributed by atoms with van der Waals surface area (Å²) in [5, 5.41) is 20.2. The van der Waals surface area contributed by atoms with Crippen LogP contribution in [0.5, 0.6) is 0 Å². The van der Waals surface area contributed by atoms with Crippen LogP contribution >= 0.6 is 0 Å². The average molecular weight is 293 g/mol. The predicted octanol–water partition coefficient (Wildman–Crippen LogP) is 1.82. The van der Waals surface area contributed by atoms with Crippen LogP contribution < -0.4 is 4.90 Å². The maximum Gasteiger partial charge on any atom is 0.335 e. The third-order valence-corrected chi connectivity index (χ3v) is 3.89. The van der Waals surface area contributed by atoms with Crippen LogP contribution in [0.1, 0.15) is 23.2 Å². The molecule has 1 unspecified atom stereocenters. The molecule has 21 heavy (non-hydrogen) atoms. The molecule has 1 aliphatic rings. The maximum absolute atomic E-state index is 11.2. The summed E-state index contributed by atoms with van der Waals surface area (Å²) in [5.74, 6) is -1.16. The van der Waals surface area contributed by atoms with E-state index in [9.17, 15) is 14.9 Å². The molecule has 0 spiro atoms. The number of rotatable bonds is 4. The Morgan fingerprint density at radius 2 is 2.19 bits per heavy atom. The molecule has 0 aliphatic carbocycles. The molecule has 2 rings (SSSR count). The van der Waals surface area contributed by atoms with Crippen LogP contribution in [0.2, 0.25) is 0 Å². The van der Waals surface area contributed by atoms with E-state index in [0.29, 0.717) is 18.3 Å². The normalized spacial score (nSPS) is 18.8. The van der Waals surface area contributed by atoms with E-state index in [1.165, 1.54) is 6.07 Å². The average Bonchev–Trinajstić information content (AvgIpc) is 2.46. The number of carboxylic acids is 1. The molecule has 0 aromatic heterocycles. The number of hydrogen-bond acceptors (Lipinski definition) is 5. The van der Waals surface area contributed by atoms with Crippen molar-refractivity contribution in [3.05, 3.63) is 33.9 Å². The molecule has 114 valence electrons. The summed E-state index contributed by atoms with van der Waals surface area (Å²) in [4.78, 5) is 25.8. The summed E-state index contributed by atoms with van der Waals surface area (Å²) in [6.07, 6.45) is 2.02. The van der Waals surface area contributed by atoms with E-state index in [4.69, 9.17) is 5.11 Å². The molecule has 1 aromatic rings. The first-order chi connectivity index (χ1) is 9.90. The summed E-state index contributed by atoms with van der Waals surface area (Å²) in [6, 6.07) is 4.44. The highest BCUT2D eigenvalue weighted by molar-refractivity contribution is 5.89. The summed E-state index contributed by atoms with van der Waals surface area (Å²) in [7, 11) is 3.99. The zero-order valence-corrected chi connectivity index (χ0v) is 12.2. The molecule has 1 aromatic carbocycles. The topological polar surface area (TPSA) is 86.9 Å². The Morgan fingerprint density at radius 1 is 1.48 bits per heavy atom. The number of benzene rings is 1. The van der Waals surface area contributed by atoms with Gasteiger partial charge in [-0.05, 0) is 39.1 Å². The number of anilines is 1. The second-order valence-electron chi connectivity index (χ2n) is 5.47. The first-order valence-electron chi connectivity index (χ1n) is 6.83. The fraction of sp³-hybridized carbons (Fsp3) is 0.500. The first kappa shape index (κ1) is 15.2. The highest BCUT2D eigenvalue weighted by Gasteiger charge is 2.27. The van der Waals surface area contributed by atoms with Gasteiger partial charge >= 0.3 is 5.97 Å². The molecule has 1 atom stereocenters. The van der Waals surface area contributed by atoms with Crippen molar-refractivity contribution in [2.24, 2.45) is 0 Å². The van der Waals surface area contributed by atoms with E-state index in [0.717, 1.165) is 25.5 Å². The Labute approximate surface area is 122 Å². The first-order valence-corrected chi connectivity index (χ1v) is 6.83. The number of hydrogen-bond donors (Lipinski definition) is 1. The van der Waals surface area contributed by atoms with Crippen LogP contribution in [0.25, 0.3) is 0 Å². The molecule has 1 heterocycles. The van der Waals surface area contributed by atoms with Crippen molar-refractivity contribution in [3.8, 4) is 0 Å². The van der Waals surface area contributed by atoms with Gasteiger partial charge in [-0.2, -0.15) is 0 Å². The monoisotopic (exact) mass is 293 g/mol. The number of nitro groups is 1. The molecular weight excluding hydrogens is 274 g/mol. The number of piperidine rings is 1. The number of nitrogens with zero attached hydrogens (tertiary/aromatic N) is 3. The third-order valence-electron chi connectivity index (χ3n) is 3.89. The predicted molar refractivity (Wildman–Crippen MR) is 79.0 cm³/mol. The quantitative estimate of drug-likeness (QED) is 0.673. The SMILES string of the molecule is CN(C)C1CCCN(c2ccc(C(=O)O)cc2[N+](=O)[O-])C1. The van der Waals surface area contributed by atoms with Crippen LogP contribution in [-0.2, 0) is 0 Å². The van der Waals surface area contributed by atoms with Crippen molar-refractivity contribution in [2.45, 2.75) is 18.9 Å². The van der Waals surface area contributed by atoms with Crippen molar-refractivity contribution in [2.75, 3.05) is 32.1 Å². The van der Waals surface area contributed by atoms with Gasteiger partial charge in [0.15, 0.2) is 0 Å². The number of aromatic carboxylic acids is 1. The highest BCUT2D eigenvalue weighted by Crippen LogP contribution is 2.31. The Kier molecular flexibility index (Phi) is 4.42. The molecular formula is C14H19N3O4. The summed E-state index contributed by atoms with van der Waals surface area (Å²) >= 11 is 0. The fourth-order valence-corrected chi connectivity index (χ4v) is 2.67. The molecule has 7 nitrogen and oxygen atoms in total. The van der Waals surface area contributed by atoms with E-state index in [1.54, 1.807) is 6.07 Å². The molecule has 0 amide bonds. The molecule has 0 radical (unpaired) electrons. The molecule has 7 heteroatoms. The molecule has 1 aliphatic heterocycles. The smallest absolute Gasteiger partial charge is 0.335 e. The van der Waals surface area contributed by atoms with E-state index >= 15 is 0 Å². The van der Waals surface area contributed by atoms with E-state index in [2.05, 4.69) is 4.90 Å². The van der Waals surface area contributed by atoms with Gasteiger partial charge in [0, 0.05) is 25.2 Å². The van der Waals surface area contributed by atoms with E-state index in [-0.39, 0.29) is 11.3 Å². The molecule has 1 saturated heterocycles. The van der Waals surface area contributed by atoms with Gasteiger partial charge in [-0.1, -0.05) is 0 Å². The Balaban J connectivity index is 2.34. The van der Waals surface area contributed by atoms with Gasteiger partial charge in [-0.15, -0.1) is 0 Å². The van der Waals surface area contributed by atoms with Gasteiger partial charge in [0.05, 0.1) is 10.5 Å². The van der Waals surface area contributed by atoms with Gasteiger partial charge in [-0.25, -0.2) is 4.79 Å². The van der Waals surface area contributed by atoms with Crippen LogP contribution in [0.4, 0.5) is 11.4 Å². The molecule has 0 bridgehead atoms. The molecule has 0 saturated carbocycles. The van der Waals surface area contributed by atoms with Crippen LogP contribution in [-0.4, -0.2) is 54.1 Å².